The van der Waals surface area contributed by atoms with Gasteiger partial charge in [0.05, 0.1) is 5.02 Å². The summed E-state index contributed by atoms with van der Waals surface area (Å²) in [6.07, 6.45) is 3.87. The highest BCUT2D eigenvalue weighted by Crippen LogP contribution is 2.42. The minimum atomic E-state index is -0.276. The molecule has 1 aromatic carbocycles. The average Bonchev–Trinajstić information content (AvgIpc) is 2.34. The molecule has 1 aromatic rings. The van der Waals surface area contributed by atoms with Gasteiger partial charge in [-0.05, 0) is 50.4 Å². The van der Waals surface area contributed by atoms with Crippen LogP contribution in [0, 0.1) is 5.82 Å². The predicted octanol–water partition coefficient (Wildman–Crippen LogP) is 3.27. The number of rotatable bonds is 0. The fraction of sp³-hybridized carbons (Fsp3) is 0.571. The molecule has 0 atom stereocenters. The summed E-state index contributed by atoms with van der Waals surface area (Å²) >= 11 is 6.10. The van der Waals surface area contributed by atoms with Crippen molar-refractivity contribution < 1.29 is 9.13 Å². The summed E-state index contributed by atoms with van der Waals surface area (Å²) in [7, 11) is 2.13. The summed E-state index contributed by atoms with van der Waals surface area (Å²) in [6.45, 7) is 2.10. The van der Waals surface area contributed by atoms with E-state index in [-0.39, 0.29) is 11.4 Å². The topological polar surface area (TPSA) is 12.5 Å². The molecule has 18 heavy (non-hydrogen) atoms. The zero-order valence-corrected chi connectivity index (χ0v) is 11.3. The van der Waals surface area contributed by atoms with E-state index in [4.69, 9.17) is 16.3 Å². The largest absolute Gasteiger partial charge is 0.485 e. The number of halogens is 2. The van der Waals surface area contributed by atoms with Gasteiger partial charge in [-0.1, -0.05) is 11.6 Å². The molecule has 0 radical (unpaired) electrons. The molecule has 98 valence electrons. The molecule has 3 rings (SSSR count). The van der Waals surface area contributed by atoms with Crippen LogP contribution in [0.25, 0.3) is 0 Å². The Morgan fingerprint density at radius 1 is 1.28 bits per heavy atom. The maximum Gasteiger partial charge on any atom is 0.142 e. The monoisotopic (exact) mass is 269 g/mol. The number of benzene rings is 1. The zero-order valence-electron chi connectivity index (χ0n) is 10.5. The molecule has 0 bridgehead atoms. The lowest BCUT2D eigenvalue weighted by molar-refractivity contribution is -0.00879. The van der Waals surface area contributed by atoms with Crippen molar-refractivity contribution in [3.8, 4) is 5.75 Å². The van der Waals surface area contributed by atoms with E-state index in [1.807, 2.05) is 0 Å². The first kappa shape index (κ1) is 12.2. The van der Waals surface area contributed by atoms with Crippen molar-refractivity contribution in [3.05, 3.63) is 28.5 Å². The summed E-state index contributed by atoms with van der Waals surface area (Å²) in [4.78, 5) is 2.32. The van der Waals surface area contributed by atoms with Gasteiger partial charge in [0.1, 0.15) is 17.2 Å². The Balaban J connectivity index is 1.89. The first-order valence-electron chi connectivity index (χ1n) is 6.43. The summed E-state index contributed by atoms with van der Waals surface area (Å²) in [6, 6.07) is 2.89. The molecular weight excluding hydrogens is 253 g/mol. The first-order chi connectivity index (χ1) is 8.58. The first-order valence-corrected chi connectivity index (χ1v) is 6.81. The second-order valence-electron chi connectivity index (χ2n) is 5.46. The van der Waals surface area contributed by atoms with E-state index in [0.717, 1.165) is 44.3 Å². The van der Waals surface area contributed by atoms with Crippen LogP contribution in [0.15, 0.2) is 12.1 Å². The number of hydrogen-bond acceptors (Lipinski definition) is 2. The van der Waals surface area contributed by atoms with E-state index in [0.29, 0.717) is 10.8 Å². The highest BCUT2D eigenvalue weighted by molar-refractivity contribution is 6.32. The molecule has 2 nitrogen and oxygen atoms in total. The van der Waals surface area contributed by atoms with Crippen LogP contribution in [0.3, 0.4) is 0 Å². The van der Waals surface area contributed by atoms with Gasteiger partial charge in [0.2, 0.25) is 0 Å². The molecule has 2 aliphatic rings. The summed E-state index contributed by atoms with van der Waals surface area (Å²) in [5.41, 5.74) is 0.825. The van der Waals surface area contributed by atoms with Gasteiger partial charge in [-0.15, -0.1) is 0 Å². The van der Waals surface area contributed by atoms with Gasteiger partial charge >= 0.3 is 0 Å². The number of piperidine rings is 1. The molecule has 2 heterocycles. The second kappa shape index (κ2) is 4.39. The number of ether oxygens (including phenoxy) is 1. The fourth-order valence-electron chi connectivity index (χ4n) is 2.92. The lowest BCUT2D eigenvalue weighted by Gasteiger charge is -2.44. The van der Waals surface area contributed by atoms with Gasteiger partial charge in [0.15, 0.2) is 0 Å². The molecule has 0 unspecified atom stereocenters. The molecule has 1 spiro atoms. The van der Waals surface area contributed by atoms with Crippen molar-refractivity contribution in [1.29, 1.82) is 0 Å². The minimum absolute atomic E-state index is 0.0824. The number of fused-ring (bicyclic) bond motifs is 1. The Bertz CT molecular complexity index is 469. The molecule has 0 aromatic heterocycles. The minimum Gasteiger partial charge on any atom is -0.485 e. The Morgan fingerprint density at radius 3 is 2.72 bits per heavy atom. The number of nitrogens with zero attached hydrogens (tertiary/aromatic N) is 1. The van der Waals surface area contributed by atoms with Crippen LogP contribution >= 0.6 is 11.6 Å². The highest BCUT2D eigenvalue weighted by atomic mass is 35.5. The van der Waals surface area contributed by atoms with Gasteiger partial charge in [0.25, 0.3) is 0 Å². The van der Waals surface area contributed by atoms with Crippen molar-refractivity contribution >= 4 is 11.6 Å². The molecule has 0 saturated carbocycles. The third-order valence-electron chi connectivity index (χ3n) is 4.15. The molecule has 4 heteroatoms. The second-order valence-corrected chi connectivity index (χ2v) is 5.87. The van der Waals surface area contributed by atoms with Crippen LogP contribution in [-0.4, -0.2) is 30.6 Å². The van der Waals surface area contributed by atoms with Crippen molar-refractivity contribution in [2.24, 2.45) is 0 Å². The number of likely N-dealkylation sites (tertiary alicyclic amines) is 1. The van der Waals surface area contributed by atoms with Crippen molar-refractivity contribution in [2.75, 3.05) is 20.1 Å². The number of hydrogen-bond donors (Lipinski definition) is 0. The summed E-state index contributed by atoms with van der Waals surface area (Å²) in [5, 5.41) is 0.406. The zero-order chi connectivity index (χ0) is 12.8. The fourth-order valence-corrected chi connectivity index (χ4v) is 3.19. The van der Waals surface area contributed by atoms with Crippen LogP contribution in [0.5, 0.6) is 5.75 Å². The van der Waals surface area contributed by atoms with Gasteiger partial charge in [0, 0.05) is 13.1 Å². The molecule has 0 N–H and O–H groups in total. The van der Waals surface area contributed by atoms with Gasteiger partial charge < -0.3 is 9.64 Å². The molecule has 2 aliphatic heterocycles. The van der Waals surface area contributed by atoms with E-state index < -0.39 is 0 Å². The van der Waals surface area contributed by atoms with E-state index in [1.54, 1.807) is 6.07 Å². The average molecular weight is 270 g/mol. The van der Waals surface area contributed by atoms with Crippen LogP contribution in [0.2, 0.25) is 5.02 Å². The lowest BCUT2D eigenvalue weighted by Crippen LogP contribution is -2.48. The Hall–Kier alpha value is -0.800. The molecule has 0 amide bonds. The summed E-state index contributed by atoms with van der Waals surface area (Å²) < 4.78 is 19.5. The van der Waals surface area contributed by atoms with Crippen molar-refractivity contribution in [3.63, 3.8) is 0 Å². The van der Waals surface area contributed by atoms with Gasteiger partial charge in [-0.2, -0.15) is 0 Å². The molecule has 1 fully saturated rings. The van der Waals surface area contributed by atoms with Gasteiger partial charge in [-0.3, -0.25) is 0 Å². The summed E-state index contributed by atoms with van der Waals surface area (Å²) in [5.74, 6) is 0.426. The predicted molar refractivity (Wildman–Crippen MR) is 69.8 cm³/mol. The van der Waals surface area contributed by atoms with E-state index in [9.17, 15) is 4.39 Å². The smallest absolute Gasteiger partial charge is 0.142 e. The Kier molecular flexibility index (Phi) is 2.99. The Labute approximate surface area is 112 Å². The SMILES string of the molecule is CN1CCC2(CCc3cc(F)cc(Cl)c3O2)CC1. The van der Waals surface area contributed by atoms with Gasteiger partial charge in [-0.25, -0.2) is 4.39 Å². The van der Waals surface area contributed by atoms with E-state index in [2.05, 4.69) is 11.9 Å². The maximum absolute atomic E-state index is 13.3. The normalized spacial score (nSPS) is 22.6. The van der Waals surface area contributed by atoms with Crippen LogP contribution in [0.1, 0.15) is 24.8 Å². The molecular formula is C14H17ClFNO. The van der Waals surface area contributed by atoms with Crippen molar-refractivity contribution in [1.82, 2.24) is 4.90 Å². The lowest BCUT2D eigenvalue weighted by atomic mass is 9.83. The maximum atomic E-state index is 13.3. The van der Waals surface area contributed by atoms with Crippen LogP contribution in [-0.2, 0) is 6.42 Å². The van der Waals surface area contributed by atoms with E-state index in [1.165, 1.54) is 6.07 Å². The van der Waals surface area contributed by atoms with E-state index >= 15 is 0 Å². The van der Waals surface area contributed by atoms with Crippen molar-refractivity contribution in [2.45, 2.75) is 31.3 Å². The molecule has 1 saturated heterocycles. The Morgan fingerprint density at radius 2 is 2.00 bits per heavy atom. The van der Waals surface area contributed by atoms with Crippen LogP contribution < -0.4 is 4.74 Å². The quantitative estimate of drug-likeness (QED) is 0.717. The molecule has 0 aliphatic carbocycles. The number of aryl methyl sites for hydroxylation is 1. The van der Waals surface area contributed by atoms with Crippen LogP contribution in [0.4, 0.5) is 4.39 Å². The standard InChI is InChI=1S/C14H17ClFNO/c1-17-6-4-14(5-7-17)3-2-10-8-11(16)9-12(15)13(10)18-14/h8-9H,2-7H2,1H3. The third-order valence-corrected chi connectivity index (χ3v) is 4.43. The third kappa shape index (κ3) is 2.10. The highest BCUT2D eigenvalue weighted by Gasteiger charge is 2.39.